The van der Waals surface area contributed by atoms with Crippen LogP contribution in [0.15, 0.2) is 22.7 Å². The second-order valence-corrected chi connectivity index (χ2v) is 5.86. The van der Waals surface area contributed by atoms with Gasteiger partial charge in [-0.1, -0.05) is 19.9 Å². The molecule has 0 bridgehead atoms. The molecule has 1 atom stereocenters. The predicted molar refractivity (Wildman–Crippen MR) is 85.6 cm³/mol. The zero-order valence-corrected chi connectivity index (χ0v) is 14.0. The Morgan fingerprint density at radius 2 is 2.05 bits per heavy atom. The summed E-state index contributed by atoms with van der Waals surface area (Å²) in [5, 5.41) is 3.54. The van der Waals surface area contributed by atoms with E-state index in [0.717, 1.165) is 51.0 Å². The predicted octanol–water partition coefficient (Wildman–Crippen LogP) is 4.32. The van der Waals surface area contributed by atoms with E-state index < -0.39 is 0 Å². The van der Waals surface area contributed by atoms with E-state index in [-0.39, 0.29) is 5.82 Å². The van der Waals surface area contributed by atoms with Crippen molar-refractivity contribution in [3.05, 3.63) is 34.1 Å². The molecule has 0 aliphatic rings. The molecule has 1 rings (SSSR count). The van der Waals surface area contributed by atoms with Gasteiger partial charge in [0, 0.05) is 19.3 Å². The van der Waals surface area contributed by atoms with Crippen LogP contribution in [0, 0.1) is 5.82 Å². The molecule has 0 aromatic heterocycles. The quantitative estimate of drug-likeness (QED) is 0.637. The largest absolute Gasteiger partial charge is 0.381 e. The molecule has 0 spiro atoms. The highest BCUT2D eigenvalue weighted by atomic mass is 79.9. The van der Waals surface area contributed by atoms with Gasteiger partial charge in [0.05, 0.1) is 4.47 Å². The summed E-state index contributed by atoms with van der Waals surface area (Å²) in [7, 11) is 0. The van der Waals surface area contributed by atoms with E-state index >= 15 is 0 Å². The van der Waals surface area contributed by atoms with E-state index in [1.54, 1.807) is 0 Å². The number of hydrogen-bond acceptors (Lipinski definition) is 2. The molecule has 0 heterocycles. The topological polar surface area (TPSA) is 21.3 Å². The fraction of sp³-hybridized carbons (Fsp3) is 0.625. The molecule has 0 saturated carbocycles. The maximum Gasteiger partial charge on any atom is 0.137 e. The molecule has 0 aliphatic carbocycles. The average molecular weight is 346 g/mol. The first-order valence-electron chi connectivity index (χ1n) is 7.42. The molecule has 0 amide bonds. The molecule has 0 radical (unpaired) electrons. The number of halogens is 2. The molecule has 0 saturated heterocycles. The van der Waals surface area contributed by atoms with Crippen LogP contribution in [0.25, 0.3) is 0 Å². The normalized spacial score (nSPS) is 12.6. The minimum Gasteiger partial charge on any atom is -0.381 e. The standard InChI is InChI=1S/C16H25BrFNO/c1-3-8-19-14(7-10-20-9-4-2)11-13-5-6-16(18)15(17)12-13/h5-6,12,14,19H,3-4,7-11H2,1-2H3. The van der Waals surface area contributed by atoms with Gasteiger partial charge in [0.15, 0.2) is 0 Å². The third-order valence-corrected chi connectivity index (χ3v) is 3.72. The van der Waals surface area contributed by atoms with Crippen molar-refractivity contribution in [3.63, 3.8) is 0 Å². The van der Waals surface area contributed by atoms with Crippen molar-refractivity contribution in [2.24, 2.45) is 0 Å². The van der Waals surface area contributed by atoms with Crippen molar-refractivity contribution >= 4 is 15.9 Å². The molecule has 114 valence electrons. The van der Waals surface area contributed by atoms with Crippen LogP contribution in [0.5, 0.6) is 0 Å². The van der Waals surface area contributed by atoms with Gasteiger partial charge in [-0.05, 0) is 65.9 Å². The highest BCUT2D eigenvalue weighted by Gasteiger charge is 2.10. The first-order chi connectivity index (χ1) is 9.67. The summed E-state index contributed by atoms with van der Waals surface area (Å²) in [4.78, 5) is 0. The summed E-state index contributed by atoms with van der Waals surface area (Å²) in [6, 6.07) is 5.62. The van der Waals surface area contributed by atoms with Gasteiger partial charge in [-0.25, -0.2) is 4.39 Å². The summed E-state index contributed by atoms with van der Waals surface area (Å²) < 4.78 is 19.3. The maximum absolute atomic E-state index is 13.2. The average Bonchev–Trinajstić information content (AvgIpc) is 2.44. The fourth-order valence-corrected chi connectivity index (χ4v) is 2.47. The molecular weight excluding hydrogens is 321 g/mol. The van der Waals surface area contributed by atoms with Crippen molar-refractivity contribution in [1.82, 2.24) is 5.32 Å². The van der Waals surface area contributed by atoms with Gasteiger partial charge < -0.3 is 10.1 Å². The minimum atomic E-state index is -0.210. The number of rotatable bonds is 10. The van der Waals surface area contributed by atoms with Crippen LogP contribution >= 0.6 is 15.9 Å². The molecule has 1 aromatic rings. The second kappa shape index (κ2) is 10.3. The maximum atomic E-state index is 13.2. The number of hydrogen-bond donors (Lipinski definition) is 1. The fourth-order valence-electron chi connectivity index (χ4n) is 2.05. The summed E-state index contributed by atoms with van der Waals surface area (Å²) in [5.74, 6) is -0.210. The highest BCUT2D eigenvalue weighted by Crippen LogP contribution is 2.18. The Labute approximate surface area is 130 Å². The van der Waals surface area contributed by atoms with Crippen LogP contribution in [0.1, 0.15) is 38.7 Å². The molecule has 1 unspecified atom stereocenters. The Balaban J connectivity index is 2.51. The van der Waals surface area contributed by atoms with Crippen LogP contribution in [0.4, 0.5) is 4.39 Å². The second-order valence-electron chi connectivity index (χ2n) is 5.00. The van der Waals surface area contributed by atoms with Gasteiger partial charge in [0.1, 0.15) is 5.82 Å². The van der Waals surface area contributed by atoms with E-state index in [1.165, 1.54) is 6.07 Å². The molecule has 2 nitrogen and oxygen atoms in total. The van der Waals surface area contributed by atoms with Crippen LogP contribution in [-0.4, -0.2) is 25.8 Å². The Kier molecular flexibility index (Phi) is 9.07. The molecule has 0 aliphatic heterocycles. The summed E-state index contributed by atoms with van der Waals surface area (Å²) in [6.45, 7) is 6.87. The smallest absolute Gasteiger partial charge is 0.137 e. The molecule has 0 fully saturated rings. The zero-order chi connectivity index (χ0) is 14.8. The Bertz CT molecular complexity index is 387. The molecule has 4 heteroatoms. The lowest BCUT2D eigenvalue weighted by Crippen LogP contribution is -2.33. The van der Waals surface area contributed by atoms with Gasteiger partial charge >= 0.3 is 0 Å². The SMILES string of the molecule is CCCNC(CCOCCC)Cc1ccc(F)c(Br)c1. The van der Waals surface area contributed by atoms with Crippen LogP contribution < -0.4 is 5.32 Å². The van der Waals surface area contributed by atoms with E-state index in [0.29, 0.717) is 10.5 Å². The highest BCUT2D eigenvalue weighted by molar-refractivity contribution is 9.10. The number of nitrogens with one attached hydrogen (secondary N) is 1. The van der Waals surface area contributed by atoms with Crippen LogP contribution in [0.2, 0.25) is 0 Å². The third-order valence-electron chi connectivity index (χ3n) is 3.11. The van der Waals surface area contributed by atoms with Gasteiger partial charge in [0.25, 0.3) is 0 Å². The van der Waals surface area contributed by atoms with Crippen molar-refractivity contribution < 1.29 is 9.13 Å². The van der Waals surface area contributed by atoms with Crippen molar-refractivity contribution in [3.8, 4) is 0 Å². The van der Waals surface area contributed by atoms with E-state index in [2.05, 4.69) is 35.1 Å². The van der Waals surface area contributed by atoms with Crippen LogP contribution in [0.3, 0.4) is 0 Å². The van der Waals surface area contributed by atoms with Crippen molar-refractivity contribution in [2.45, 2.75) is 45.6 Å². The Morgan fingerprint density at radius 1 is 1.25 bits per heavy atom. The number of ether oxygens (including phenoxy) is 1. The molecule has 1 aromatic carbocycles. The molecule has 1 N–H and O–H groups in total. The third kappa shape index (κ3) is 6.82. The van der Waals surface area contributed by atoms with Crippen molar-refractivity contribution in [2.75, 3.05) is 19.8 Å². The number of benzene rings is 1. The summed E-state index contributed by atoms with van der Waals surface area (Å²) in [6.07, 6.45) is 4.04. The Morgan fingerprint density at radius 3 is 2.70 bits per heavy atom. The lowest BCUT2D eigenvalue weighted by molar-refractivity contribution is 0.124. The lowest BCUT2D eigenvalue weighted by atomic mass is 10.0. The van der Waals surface area contributed by atoms with Gasteiger partial charge in [-0.2, -0.15) is 0 Å². The van der Waals surface area contributed by atoms with Crippen LogP contribution in [-0.2, 0) is 11.2 Å². The van der Waals surface area contributed by atoms with Gasteiger partial charge in [-0.3, -0.25) is 0 Å². The van der Waals surface area contributed by atoms with Gasteiger partial charge in [-0.15, -0.1) is 0 Å². The molecule has 20 heavy (non-hydrogen) atoms. The van der Waals surface area contributed by atoms with E-state index in [9.17, 15) is 4.39 Å². The molecular formula is C16H25BrFNO. The van der Waals surface area contributed by atoms with E-state index in [4.69, 9.17) is 4.74 Å². The monoisotopic (exact) mass is 345 g/mol. The lowest BCUT2D eigenvalue weighted by Gasteiger charge is -2.19. The summed E-state index contributed by atoms with van der Waals surface area (Å²) in [5.41, 5.74) is 1.14. The first-order valence-corrected chi connectivity index (χ1v) is 8.21. The van der Waals surface area contributed by atoms with Crippen molar-refractivity contribution in [1.29, 1.82) is 0 Å². The first kappa shape index (κ1) is 17.6. The van der Waals surface area contributed by atoms with Gasteiger partial charge in [0.2, 0.25) is 0 Å². The zero-order valence-electron chi connectivity index (χ0n) is 12.4. The summed E-state index contributed by atoms with van der Waals surface area (Å²) >= 11 is 3.24. The van der Waals surface area contributed by atoms with E-state index in [1.807, 2.05) is 12.1 Å². The Hall–Kier alpha value is -0.450. The minimum absolute atomic E-state index is 0.210.